The number of pyridine rings is 1. The van der Waals surface area contributed by atoms with Gasteiger partial charge in [0.2, 0.25) is 0 Å². The van der Waals surface area contributed by atoms with Gasteiger partial charge >= 0.3 is 5.97 Å². The van der Waals surface area contributed by atoms with Gasteiger partial charge in [-0.3, -0.25) is 4.79 Å². The molecule has 1 aliphatic heterocycles. The molecule has 146 valence electrons. The van der Waals surface area contributed by atoms with E-state index in [1.165, 1.54) is 11.3 Å². The molecule has 0 aliphatic carbocycles. The summed E-state index contributed by atoms with van der Waals surface area (Å²) >= 11 is 0. The SMILES string of the molecule is CCC(CCN(CC(C)C)c1ccnc2c1CCN2)C(=O)OC(C)(C)C. The average Bonchev–Trinajstić information content (AvgIpc) is 3.00. The molecule has 0 saturated heterocycles. The second-order valence-corrected chi connectivity index (χ2v) is 8.60. The van der Waals surface area contributed by atoms with Crippen LogP contribution in [0, 0.1) is 11.8 Å². The Bertz CT molecular complexity index is 608. The summed E-state index contributed by atoms with van der Waals surface area (Å²) in [6.07, 6.45) is 4.50. The number of carbonyl (C=O) groups excluding carboxylic acids is 1. The fourth-order valence-corrected chi connectivity index (χ4v) is 3.42. The standard InChI is InChI=1S/C21H35N3O2/c1-7-16(20(25)26-21(4,5)6)10-13-24(14-15(2)3)18-9-12-23-19-17(18)8-11-22-19/h9,12,15-16H,7-8,10-11,13-14H2,1-6H3,(H,22,23). The largest absolute Gasteiger partial charge is 0.460 e. The molecular weight excluding hydrogens is 326 g/mol. The first-order valence-electron chi connectivity index (χ1n) is 9.90. The Morgan fingerprint density at radius 1 is 1.38 bits per heavy atom. The van der Waals surface area contributed by atoms with Gasteiger partial charge in [-0.1, -0.05) is 20.8 Å². The number of aromatic nitrogens is 1. The third-order valence-corrected chi connectivity index (χ3v) is 4.61. The van der Waals surface area contributed by atoms with Crippen molar-refractivity contribution in [1.82, 2.24) is 4.98 Å². The van der Waals surface area contributed by atoms with E-state index >= 15 is 0 Å². The van der Waals surface area contributed by atoms with Gasteiger partial charge in [0.1, 0.15) is 11.4 Å². The lowest BCUT2D eigenvalue weighted by Crippen LogP contribution is -2.34. The van der Waals surface area contributed by atoms with Crippen LogP contribution in [0.2, 0.25) is 0 Å². The normalized spacial score (nSPS) is 14.7. The van der Waals surface area contributed by atoms with Crippen LogP contribution in [0.1, 0.15) is 59.9 Å². The van der Waals surface area contributed by atoms with Crippen molar-refractivity contribution >= 4 is 17.5 Å². The summed E-state index contributed by atoms with van der Waals surface area (Å²) in [6, 6.07) is 2.11. The molecule has 0 aromatic carbocycles. The van der Waals surface area contributed by atoms with Crippen molar-refractivity contribution < 1.29 is 9.53 Å². The van der Waals surface area contributed by atoms with Crippen LogP contribution in [0.3, 0.4) is 0 Å². The monoisotopic (exact) mass is 361 g/mol. The number of carbonyl (C=O) groups is 1. The smallest absolute Gasteiger partial charge is 0.309 e. The molecule has 1 aromatic rings. The van der Waals surface area contributed by atoms with Crippen LogP contribution in [0.25, 0.3) is 0 Å². The summed E-state index contributed by atoms with van der Waals surface area (Å²) in [5.74, 6) is 1.42. The molecule has 0 bridgehead atoms. The molecule has 5 nitrogen and oxygen atoms in total. The van der Waals surface area contributed by atoms with Crippen LogP contribution in [0.4, 0.5) is 11.5 Å². The highest BCUT2D eigenvalue weighted by molar-refractivity contribution is 5.73. The summed E-state index contributed by atoms with van der Waals surface area (Å²) < 4.78 is 5.61. The molecule has 0 spiro atoms. The van der Waals surface area contributed by atoms with Crippen molar-refractivity contribution in [2.75, 3.05) is 29.9 Å². The van der Waals surface area contributed by atoms with Gasteiger partial charge in [0, 0.05) is 37.1 Å². The quantitative estimate of drug-likeness (QED) is 0.701. The van der Waals surface area contributed by atoms with E-state index in [-0.39, 0.29) is 11.9 Å². The first-order chi connectivity index (χ1) is 12.2. The number of esters is 1. The first-order valence-corrected chi connectivity index (χ1v) is 9.90. The van der Waals surface area contributed by atoms with Crippen molar-refractivity contribution in [1.29, 1.82) is 0 Å². The van der Waals surface area contributed by atoms with Gasteiger partial charge in [0.05, 0.1) is 5.92 Å². The van der Waals surface area contributed by atoms with Crippen LogP contribution < -0.4 is 10.2 Å². The molecule has 0 radical (unpaired) electrons. The van der Waals surface area contributed by atoms with Crippen LogP contribution in [0.5, 0.6) is 0 Å². The predicted molar refractivity (Wildman–Crippen MR) is 108 cm³/mol. The highest BCUT2D eigenvalue weighted by Crippen LogP contribution is 2.31. The molecule has 1 aromatic heterocycles. The zero-order valence-electron chi connectivity index (χ0n) is 17.3. The lowest BCUT2D eigenvalue weighted by Gasteiger charge is -2.30. The van der Waals surface area contributed by atoms with Crippen molar-refractivity contribution in [3.05, 3.63) is 17.8 Å². The summed E-state index contributed by atoms with van der Waals surface area (Å²) in [5.41, 5.74) is 2.13. The average molecular weight is 362 g/mol. The van der Waals surface area contributed by atoms with E-state index in [9.17, 15) is 4.79 Å². The first kappa shape index (κ1) is 20.5. The molecule has 2 heterocycles. The number of nitrogens with one attached hydrogen (secondary N) is 1. The van der Waals surface area contributed by atoms with Gasteiger partial charge in [-0.15, -0.1) is 0 Å². The number of hydrogen-bond acceptors (Lipinski definition) is 5. The maximum atomic E-state index is 12.5. The van der Waals surface area contributed by atoms with E-state index in [0.29, 0.717) is 5.92 Å². The lowest BCUT2D eigenvalue weighted by molar-refractivity contribution is -0.160. The molecule has 5 heteroatoms. The van der Waals surface area contributed by atoms with E-state index in [1.807, 2.05) is 27.0 Å². The van der Waals surface area contributed by atoms with Crippen molar-refractivity contribution in [2.45, 2.75) is 66.4 Å². The van der Waals surface area contributed by atoms with Gasteiger partial charge in [-0.05, 0) is 52.0 Å². The van der Waals surface area contributed by atoms with Crippen LogP contribution in [0.15, 0.2) is 12.3 Å². The number of hydrogen-bond donors (Lipinski definition) is 1. The summed E-state index contributed by atoms with van der Waals surface area (Å²) in [6.45, 7) is 15.1. The van der Waals surface area contributed by atoms with Gasteiger partial charge in [0.15, 0.2) is 0 Å². The van der Waals surface area contributed by atoms with Crippen molar-refractivity contribution in [3.63, 3.8) is 0 Å². The van der Waals surface area contributed by atoms with Crippen LogP contribution in [-0.4, -0.2) is 36.2 Å². The van der Waals surface area contributed by atoms with E-state index < -0.39 is 5.60 Å². The number of rotatable bonds is 8. The summed E-state index contributed by atoms with van der Waals surface area (Å²) in [4.78, 5) is 19.4. The number of ether oxygens (including phenoxy) is 1. The van der Waals surface area contributed by atoms with E-state index in [4.69, 9.17) is 4.74 Å². The lowest BCUT2D eigenvalue weighted by atomic mass is 10.0. The minimum atomic E-state index is -0.431. The van der Waals surface area contributed by atoms with Gasteiger partial charge in [-0.2, -0.15) is 0 Å². The summed E-state index contributed by atoms with van der Waals surface area (Å²) in [5, 5.41) is 3.36. The molecule has 1 N–H and O–H groups in total. The molecule has 0 fully saturated rings. The Morgan fingerprint density at radius 2 is 2.12 bits per heavy atom. The van der Waals surface area contributed by atoms with Crippen LogP contribution in [-0.2, 0) is 16.0 Å². The van der Waals surface area contributed by atoms with Gasteiger partial charge < -0.3 is 15.0 Å². The Morgan fingerprint density at radius 3 is 2.73 bits per heavy atom. The molecule has 0 saturated carbocycles. The molecule has 1 aliphatic rings. The van der Waals surface area contributed by atoms with Crippen molar-refractivity contribution in [3.8, 4) is 0 Å². The minimum absolute atomic E-state index is 0.0584. The van der Waals surface area contributed by atoms with E-state index in [1.54, 1.807) is 0 Å². The third-order valence-electron chi connectivity index (χ3n) is 4.61. The fourth-order valence-electron chi connectivity index (χ4n) is 3.42. The summed E-state index contributed by atoms with van der Waals surface area (Å²) in [7, 11) is 0. The minimum Gasteiger partial charge on any atom is -0.460 e. The Labute approximate surface area is 158 Å². The maximum Gasteiger partial charge on any atom is 0.309 e. The fraction of sp³-hybridized carbons (Fsp3) is 0.714. The molecule has 26 heavy (non-hydrogen) atoms. The molecule has 1 atom stereocenters. The zero-order valence-corrected chi connectivity index (χ0v) is 17.3. The maximum absolute atomic E-state index is 12.5. The second-order valence-electron chi connectivity index (χ2n) is 8.60. The predicted octanol–water partition coefficient (Wildman–Crippen LogP) is 4.27. The second kappa shape index (κ2) is 8.74. The Hall–Kier alpha value is -1.78. The van der Waals surface area contributed by atoms with Crippen molar-refractivity contribution in [2.24, 2.45) is 11.8 Å². The van der Waals surface area contributed by atoms with Gasteiger partial charge in [0.25, 0.3) is 0 Å². The highest BCUT2D eigenvalue weighted by Gasteiger charge is 2.26. The molecule has 0 amide bonds. The molecular formula is C21H35N3O2. The highest BCUT2D eigenvalue weighted by atomic mass is 16.6. The number of nitrogens with zero attached hydrogens (tertiary/aromatic N) is 2. The third kappa shape index (κ3) is 5.61. The molecule has 2 rings (SSSR count). The number of fused-ring (bicyclic) bond motifs is 1. The Balaban J connectivity index is 2.11. The number of anilines is 2. The van der Waals surface area contributed by atoms with Gasteiger partial charge in [-0.25, -0.2) is 4.98 Å². The van der Waals surface area contributed by atoms with E-state index in [2.05, 4.69) is 42.0 Å². The van der Waals surface area contributed by atoms with Crippen LogP contribution >= 0.6 is 0 Å². The topological polar surface area (TPSA) is 54.5 Å². The zero-order chi connectivity index (χ0) is 19.3. The molecule has 1 unspecified atom stereocenters. The Kier molecular flexibility index (Phi) is 6.90. The van der Waals surface area contributed by atoms with E-state index in [0.717, 1.165) is 44.7 Å².